The van der Waals surface area contributed by atoms with E-state index < -0.39 is 11.7 Å². The van der Waals surface area contributed by atoms with Gasteiger partial charge in [0, 0.05) is 19.5 Å². The topological polar surface area (TPSA) is 88.1 Å². The Hall–Kier alpha value is -1.34. The summed E-state index contributed by atoms with van der Waals surface area (Å²) in [5.74, 6) is -0.108. The molecule has 0 radical (unpaired) electrons. The molecule has 1 fully saturated rings. The number of ether oxygens (including phenoxy) is 2. The molecular formula is C13H24N2O5. The highest BCUT2D eigenvalue weighted by molar-refractivity contribution is 5.77. The summed E-state index contributed by atoms with van der Waals surface area (Å²) in [6.07, 6.45) is -0.360. The zero-order valence-electron chi connectivity index (χ0n) is 12.3. The number of amides is 2. The Morgan fingerprint density at radius 2 is 2.15 bits per heavy atom. The van der Waals surface area contributed by atoms with E-state index in [1.165, 1.54) is 0 Å². The number of aliphatic hydroxyl groups is 1. The van der Waals surface area contributed by atoms with Crippen LogP contribution < -0.4 is 5.32 Å². The molecule has 0 aliphatic carbocycles. The van der Waals surface area contributed by atoms with Crippen molar-refractivity contribution in [3.8, 4) is 0 Å². The second-order valence-electron chi connectivity index (χ2n) is 5.68. The molecule has 20 heavy (non-hydrogen) atoms. The number of rotatable bonds is 4. The third-order valence-corrected chi connectivity index (χ3v) is 2.77. The molecule has 0 bridgehead atoms. The van der Waals surface area contributed by atoms with Crippen molar-refractivity contribution in [2.45, 2.75) is 38.8 Å². The molecule has 7 nitrogen and oxygen atoms in total. The van der Waals surface area contributed by atoms with Gasteiger partial charge in [-0.25, -0.2) is 4.79 Å². The predicted octanol–water partition coefficient (Wildman–Crippen LogP) is 0.121. The van der Waals surface area contributed by atoms with Crippen LogP contribution in [0, 0.1) is 0 Å². The average molecular weight is 288 g/mol. The minimum absolute atomic E-state index is 0.108. The lowest BCUT2D eigenvalue weighted by Crippen LogP contribution is -2.51. The number of morpholine rings is 1. The highest BCUT2D eigenvalue weighted by Gasteiger charge is 2.26. The zero-order chi connectivity index (χ0) is 15.2. The predicted molar refractivity (Wildman–Crippen MR) is 72.3 cm³/mol. The summed E-state index contributed by atoms with van der Waals surface area (Å²) in [4.78, 5) is 25.0. The van der Waals surface area contributed by atoms with Gasteiger partial charge in [-0.15, -0.1) is 0 Å². The van der Waals surface area contributed by atoms with Gasteiger partial charge < -0.3 is 24.8 Å². The second kappa shape index (κ2) is 7.44. The minimum atomic E-state index is -0.555. The number of hydrogen-bond donors (Lipinski definition) is 2. The first kappa shape index (κ1) is 16.7. The van der Waals surface area contributed by atoms with Gasteiger partial charge in [0.25, 0.3) is 0 Å². The lowest BCUT2D eigenvalue weighted by Gasteiger charge is -2.34. The van der Waals surface area contributed by atoms with Crippen molar-refractivity contribution in [2.75, 3.05) is 32.9 Å². The molecule has 116 valence electrons. The highest BCUT2D eigenvalue weighted by atomic mass is 16.6. The summed E-state index contributed by atoms with van der Waals surface area (Å²) in [7, 11) is 0. The lowest BCUT2D eigenvalue weighted by molar-refractivity contribution is -0.141. The summed E-state index contributed by atoms with van der Waals surface area (Å²) < 4.78 is 10.3. The maximum Gasteiger partial charge on any atom is 0.407 e. The molecule has 0 aromatic rings. The van der Waals surface area contributed by atoms with Crippen molar-refractivity contribution in [1.82, 2.24) is 10.2 Å². The average Bonchev–Trinajstić information content (AvgIpc) is 2.36. The summed E-state index contributed by atoms with van der Waals surface area (Å²) in [6, 6.07) is -0.294. The third-order valence-electron chi connectivity index (χ3n) is 2.77. The number of nitrogens with one attached hydrogen (secondary N) is 1. The summed E-state index contributed by atoms with van der Waals surface area (Å²) in [6.45, 7) is 6.71. The quantitative estimate of drug-likeness (QED) is 0.767. The highest BCUT2D eigenvalue weighted by Crippen LogP contribution is 2.09. The SMILES string of the molecule is CC(C)(C)OC(=O)NCCC(=O)N1CCOCC1CO. The molecule has 0 saturated carbocycles. The van der Waals surface area contributed by atoms with Crippen LogP contribution >= 0.6 is 0 Å². The van der Waals surface area contributed by atoms with Crippen LogP contribution in [-0.2, 0) is 14.3 Å². The number of hydrogen-bond acceptors (Lipinski definition) is 5. The van der Waals surface area contributed by atoms with Gasteiger partial charge in [0.15, 0.2) is 0 Å². The van der Waals surface area contributed by atoms with Crippen molar-refractivity contribution >= 4 is 12.0 Å². The second-order valence-corrected chi connectivity index (χ2v) is 5.68. The van der Waals surface area contributed by atoms with E-state index in [9.17, 15) is 14.7 Å². The Balaban J connectivity index is 2.30. The largest absolute Gasteiger partial charge is 0.444 e. The molecule has 1 saturated heterocycles. The first-order valence-electron chi connectivity index (χ1n) is 6.78. The van der Waals surface area contributed by atoms with Gasteiger partial charge in [0.1, 0.15) is 5.60 Å². The molecule has 1 aliphatic rings. The van der Waals surface area contributed by atoms with Gasteiger partial charge in [-0.05, 0) is 20.8 Å². The standard InChI is InChI=1S/C13H24N2O5/c1-13(2,3)20-12(18)14-5-4-11(17)15-6-7-19-9-10(15)8-16/h10,16H,4-9H2,1-3H3,(H,14,18). The maximum absolute atomic E-state index is 12.0. The molecule has 2 amide bonds. The van der Waals surface area contributed by atoms with Crippen molar-refractivity contribution in [3.05, 3.63) is 0 Å². The van der Waals surface area contributed by atoms with Crippen LogP contribution in [0.3, 0.4) is 0 Å². The molecule has 1 aliphatic heterocycles. The number of carbonyl (C=O) groups is 2. The minimum Gasteiger partial charge on any atom is -0.444 e. The van der Waals surface area contributed by atoms with Crippen molar-refractivity contribution in [2.24, 2.45) is 0 Å². The molecule has 7 heteroatoms. The number of carbonyl (C=O) groups excluding carboxylic acids is 2. The van der Waals surface area contributed by atoms with E-state index in [4.69, 9.17) is 9.47 Å². The van der Waals surface area contributed by atoms with Gasteiger partial charge in [-0.1, -0.05) is 0 Å². The molecule has 0 aromatic carbocycles. The van der Waals surface area contributed by atoms with E-state index in [0.29, 0.717) is 19.8 Å². The Morgan fingerprint density at radius 3 is 2.75 bits per heavy atom. The molecule has 1 rings (SSSR count). The first-order chi connectivity index (χ1) is 9.33. The molecule has 1 unspecified atom stereocenters. The third kappa shape index (κ3) is 5.75. The first-order valence-corrected chi connectivity index (χ1v) is 6.78. The van der Waals surface area contributed by atoms with Crippen molar-refractivity contribution in [3.63, 3.8) is 0 Å². The molecular weight excluding hydrogens is 264 g/mol. The lowest BCUT2D eigenvalue weighted by atomic mass is 10.2. The van der Waals surface area contributed by atoms with Crippen LogP contribution in [0.15, 0.2) is 0 Å². The fourth-order valence-electron chi connectivity index (χ4n) is 1.86. The fourth-order valence-corrected chi connectivity index (χ4v) is 1.86. The van der Waals surface area contributed by atoms with Crippen molar-refractivity contribution in [1.29, 1.82) is 0 Å². The normalized spacial score (nSPS) is 19.6. The van der Waals surface area contributed by atoms with E-state index in [2.05, 4.69) is 5.32 Å². The number of aliphatic hydroxyl groups excluding tert-OH is 1. The number of nitrogens with zero attached hydrogens (tertiary/aromatic N) is 1. The van der Waals surface area contributed by atoms with Crippen LogP contribution in [-0.4, -0.2) is 66.6 Å². The van der Waals surface area contributed by atoms with Gasteiger partial charge in [0.2, 0.25) is 5.91 Å². The molecule has 2 N–H and O–H groups in total. The smallest absolute Gasteiger partial charge is 0.407 e. The zero-order valence-corrected chi connectivity index (χ0v) is 12.3. The van der Waals surface area contributed by atoms with E-state index in [1.807, 2.05) is 0 Å². The molecule has 1 heterocycles. The van der Waals surface area contributed by atoms with E-state index >= 15 is 0 Å². The van der Waals surface area contributed by atoms with Gasteiger partial charge >= 0.3 is 6.09 Å². The molecule has 0 spiro atoms. The monoisotopic (exact) mass is 288 g/mol. The van der Waals surface area contributed by atoms with Crippen LogP contribution in [0.1, 0.15) is 27.2 Å². The molecule has 1 atom stereocenters. The summed E-state index contributed by atoms with van der Waals surface area (Å²) >= 11 is 0. The van der Waals surface area contributed by atoms with E-state index in [1.54, 1.807) is 25.7 Å². The van der Waals surface area contributed by atoms with Crippen LogP contribution in [0.5, 0.6) is 0 Å². The Bertz CT molecular complexity index is 340. The van der Waals surface area contributed by atoms with Gasteiger partial charge in [-0.2, -0.15) is 0 Å². The van der Waals surface area contributed by atoms with Gasteiger partial charge in [0.05, 0.1) is 25.9 Å². The Labute approximate surface area is 119 Å². The molecule has 0 aromatic heterocycles. The van der Waals surface area contributed by atoms with Crippen LogP contribution in [0.2, 0.25) is 0 Å². The maximum atomic E-state index is 12.0. The van der Waals surface area contributed by atoms with Crippen molar-refractivity contribution < 1.29 is 24.2 Å². The van der Waals surface area contributed by atoms with Crippen LogP contribution in [0.4, 0.5) is 4.79 Å². The number of alkyl carbamates (subject to hydrolysis) is 1. The van der Waals surface area contributed by atoms with Gasteiger partial charge in [-0.3, -0.25) is 4.79 Å². The van der Waals surface area contributed by atoms with Crippen LogP contribution in [0.25, 0.3) is 0 Å². The summed E-state index contributed by atoms with van der Waals surface area (Å²) in [5.41, 5.74) is -0.555. The summed E-state index contributed by atoms with van der Waals surface area (Å²) in [5, 5.41) is 11.7. The van der Waals surface area contributed by atoms with E-state index in [0.717, 1.165) is 0 Å². The Kier molecular flexibility index (Phi) is 6.22. The fraction of sp³-hybridized carbons (Fsp3) is 0.846. The Morgan fingerprint density at radius 1 is 1.45 bits per heavy atom. The van der Waals surface area contributed by atoms with E-state index in [-0.39, 0.29) is 31.5 Å².